The first-order valence-corrected chi connectivity index (χ1v) is 7.59. The highest BCUT2D eigenvalue weighted by Gasteiger charge is 2.25. The highest BCUT2D eigenvalue weighted by molar-refractivity contribution is 9.10. The molecule has 1 fully saturated rings. The average molecular weight is 363 g/mol. The summed E-state index contributed by atoms with van der Waals surface area (Å²) >= 11 is 2.99. The van der Waals surface area contributed by atoms with Gasteiger partial charge in [0.15, 0.2) is 0 Å². The number of nitrogens with zero attached hydrogens (tertiary/aromatic N) is 2. The summed E-state index contributed by atoms with van der Waals surface area (Å²) in [5.41, 5.74) is -0.506. The number of aliphatic hydroxyl groups excluding tert-OH is 1. The fourth-order valence-corrected chi connectivity index (χ4v) is 2.85. The largest absolute Gasteiger partial charge is 0.395 e. The smallest absolute Gasteiger partial charge is 0.259 e. The van der Waals surface area contributed by atoms with Gasteiger partial charge in [-0.25, -0.2) is 8.78 Å². The number of benzene rings is 1. The van der Waals surface area contributed by atoms with Crippen molar-refractivity contribution in [1.82, 2.24) is 9.80 Å². The van der Waals surface area contributed by atoms with E-state index in [1.165, 1.54) is 4.90 Å². The van der Waals surface area contributed by atoms with E-state index in [2.05, 4.69) is 15.9 Å². The zero-order valence-corrected chi connectivity index (χ0v) is 13.1. The Labute approximate surface area is 130 Å². The number of carbonyl (C=O) groups is 1. The number of aliphatic hydroxyl groups is 1. The van der Waals surface area contributed by atoms with Crippen LogP contribution in [0.15, 0.2) is 16.6 Å². The molecule has 4 nitrogen and oxygen atoms in total. The van der Waals surface area contributed by atoms with Gasteiger partial charge in [-0.15, -0.1) is 0 Å². The standard InChI is InChI=1S/C14H17BrF2N2O2/c15-10-8-11(16)13(12(17)9-10)14(21)19-3-1-2-18(4-5-19)6-7-20/h8-9,20H,1-7H2. The number of hydrogen-bond acceptors (Lipinski definition) is 3. The molecule has 0 atom stereocenters. The number of carbonyl (C=O) groups excluding carboxylic acids is 1. The second kappa shape index (κ2) is 7.29. The predicted molar refractivity (Wildman–Crippen MR) is 78.1 cm³/mol. The Morgan fingerprint density at radius 3 is 2.48 bits per heavy atom. The summed E-state index contributed by atoms with van der Waals surface area (Å²) < 4.78 is 28.0. The van der Waals surface area contributed by atoms with Crippen LogP contribution in [0.2, 0.25) is 0 Å². The van der Waals surface area contributed by atoms with E-state index < -0.39 is 23.1 Å². The minimum absolute atomic E-state index is 0.0594. The van der Waals surface area contributed by atoms with Crippen LogP contribution in [0.5, 0.6) is 0 Å². The lowest BCUT2D eigenvalue weighted by Gasteiger charge is -2.22. The van der Waals surface area contributed by atoms with E-state index in [0.29, 0.717) is 32.6 Å². The quantitative estimate of drug-likeness (QED) is 0.892. The molecule has 1 amide bonds. The summed E-state index contributed by atoms with van der Waals surface area (Å²) in [6.07, 6.45) is 0.714. The molecule has 0 radical (unpaired) electrons. The summed E-state index contributed by atoms with van der Waals surface area (Å²) in [5, 5.41) is 8.94. The fourth-order valence-electron chi connectivity index (χ4n) is 2.44. The van der Waals surface area contributed by atoms with Crippen LogP contribution in [0.1, 0.15) is 16.8 Å². The Balaban J connectivity index is 2.13. The van der Waals surface area contributed by atoms with E-state index >= 15 is 0 Å². The molecule has 0 spiro atoms. The molecule has 1 aliphatic heterocycles. The van der Waals surface area contributed by atoms with Crippen molar-refractivity contribution in [3.63, 3.8) is 0 Å². The molecule has 116 valence electrons. The number of β-amino-alcohol motifs (C(OH)–C–C–N with tert-alkyl or cyclic N) is 1. The van der Waals surface area contributed by atoms with Crippen LogP contribution in [-0.4, -0.2) is 60.1 Å². The first kappa shape index (κ1) is 16.3. The average Bonchev–Trinajstić information content (AvgIpc) is 2.63. The molecule has 0 bridgehead atoms. The van der Waals surface area contributed by atoms with Crippen LogP contribution in [-0.2, 0) is 0 Å². The maximum absolute atomic E-state index is 13.9. The highest BCUT2D eigenvalue weighted by Crippen LogP contribution is 2.21. The third-order valence-electron chi connectivity index (χ3n) is 3.51. The third-order valence-corrected chi connectivity index (χ3v) is 3.97. The van der Waals surface area contributed by atoms with Crippen molar-refractivity contribution in [2.45, 2.75) is 6.42 Å². The molecule has 0 unspecified atom stereocenters. The lowest BCUT2D eigenvalue weighted by molar-refractivity contribution is 0.0750. The Morgan fingerprint density at radius 2 is 1.86 bits per heavy atom. The topological polar surface area (TPSA) is 43.8 Å². The first-order chi connectivity index (χ1) is 10.0. The molecular formula is C14H17BrF2N2O2. The van der Waals surface area contributed by atoms with E-state index in [1.807, 2.05) is 4.90 Å². The minimum atomic E-state index is -0.858. The van der Waals surface area contributed by atoms with E-state index in [-0.39, 0.29) is 11.1 Å². The van der Waals surface area contributed by atoms with Gasteiger partial charge in [0.2, 0.25) is 0 Å². The van der Waals surface area contributed by atoms with Gasteiger partial charge in [0, 0.05) is 30.7 Å². The zero-order valence-electron chi connectivity index (χ0n) is 11.5. The van der Waals surface area contributed by atoms with Gasteiger partial charge in [-0.05, 0) is 25.1 Å². The molecule has 1 heterocycles. The van der Waals surface area contributed by atoms with Gasteiger partial charge in [-0.2, -0.15) is 0 Å². The molecule has 2 rings (SSSR count). The molecule has 1 aromatic carbocycles. The second-order valence-electron chi connectivity index (χ2n) is 4.96. The predicted octanol–water partition coefficient (Wildman–Crippen LogP) is 1.87. The highest BCUT2D eigenvalue weighted by atomic mass is 79.9. The maximum Gasteiger partial charge on any atom is 0.259 e. The van der Waals surface area contributed by atoms with Gasteiger partial charge in [-0.3, -0.25) is 9.69 Å². The molecular weight excluding hydrogens is 346 g/mol. The minimum Gasteiger partial charge on any atom is -0.395 e. The molecule has 1 N–H and O–H groups in total. The van der Waals surface area contributed by atoms with Crippen molar-refractivity contribution < 1.29 is 18.7 Å². The van der Waals surface area contributed by atoms with Crippen LogP contribution in [0.3, 0.4) is 0 Å². The van der Waals surface area contributed by atoms with Gasteiger partial charge in [0.25, 0.3) is 5.91 Å². The van der Waals surface area contributed by atoms with Crippen molar-refractivity contribution in [2.24, 2.45) is 0 Å². The monoisotopic (exact) mass is 362 g/mol. The van der Waals surface area contributed by atoms with E-state index in [1.54, 1.807) is 0 Å². The molecule has 1 aromatic rings. The lowest BCUT2D eigenvalue weighted by atomic mass is 10.1. The second-order valence-corrected chi connectivity index (χ2v) is 5.87. The summed E-state index contributed by atoms with van der Waals surface area (Å²) in [6, 6.07) is 2.18. The van der Waals surface area contributed by atoms with Gasteiger partial charge in [0.1, 0.15) is 17.2 Å². The van der Waals surface area contributed by atoms with Crippen LogP contribution in [0.25, 0.3) is 0 Å². The Hall–Kier alpha value is -1.05. The summed E-state index contributed by atoms with van der Waals surface area (Å²) in [7, 11) is 0. The molecule has 21 heavy (non-hydrogen) atoms. The number of amides is 1. The number of hydrogen-bond donors (Lipinski definition) is 1. The summed E-state index contributed by atoms with van der Waals surface area (Å²) in [6.45, 7) is 2.80. The summed E-state index contributed by atoms with van der Waals surface area (Å²) in [4.78, 5) is 15.8. The molecule has 0 aromatic heterocycles. The van der Waals surface area contributed by atoms with Crippen LogP contribution in [0, 0.1) is 11.6 Å². The molecule has 7 heteroatoms. The maximum atomic E-state index is 13.9. The van der Waals surface area contributed by atoms with Crippen molar-refractivity contribution in [2.75, 3.05) is 39.3 Å². The molecule has 1 aliphatic rings. The van der Waals surface area contributed by atoms with Crippen LogP contribution < -0.4 is 0 Å². The van der Waals surface area contributed by atoms with E-state index in [9.17, 15) is 13.6 Å². The Kier molecular flexibility index (Phi) is 5.66. The normalized spacial score (nSPS) is 16.9. The Bertz CT molecular complexity index is 505. The van der Waals surface area contributed by atoms with Crippen molar-refractivity contribution in [1.29, 1.82) is 0 Å². The molecule has 0 aliphatic carbocycles. The molecule has 0 saturated carbocycles. The molecule has 1 saturated heterocycles. The van der Waals surface area contributed by atoms with Crippen LogP contribution in [0.4, 0.5) is 8.78 Å². The van der Waals surface area contributed by atoms with Crippen molar-refractivity contribution in [3.8, 4) is 0 Å². The fraction of sp³-hybridized carbons (Fsp3) is 0.500. The first-order valence-electron chi connectivity index (χ1n) is 6.80. The number of rotatable bonds is 3. The van der Waals surface area contributed by atoms with Gasteiger partial charge < -0.3 is 10.0 Å². The Morgan fingerprint density at radius 1 is 1.19 bits per heavy atom. The van der Waals surface area contributed by atoms with E-state index in [4.69, 9.17) is 5.11 Å². The van der Waals surface area contributed by atoms with E-state index in [0.717, 1.165) is 18.7 Å². The third kappa shape index (κ3) is 3.99. The lowest BCUT2D eigenvalue weighted by Crippen LogP contribution is -2.36. The number of halogens is 3. The van der Waals surface area contributed by atoms with Crippen molar-refractivity contribution in [3.05, 3.63) is 33.8 Å². The SMILES string of the molecule is O=C(c1c(F)cc(Br)cc1F)N1CCCN(CCO)CC1. The zero-order chi connectivity index (χ0) is 15.4. The summed E-state index contributed by atoms with van der Waals surface area (Å²) in [5.74, 6) is -2.34. The van der Waals surface area contributed by atoms with Gasteiger partial charge in [-0.1, -0.05) is 15.9 Å². The van der Waals surface area contributed by atoms with Crippen molar-refractivity contribution >= 4 is 21.8 Å². The van der Waals surface area contributed by atoms with Gasteiger partial charge >= 0.3 is 0 Å². The van der Waals surface area contributed by atoms with Gasteiger partial charge in [0.05, 0.1) is 6.61 Å². The van der Waals surface area contributed by atoms with Crippen LogP contribution >= 0.6 is 15.9 Å².